The number of hydrogen-bond acceptors (Lipinski definition) is 4. The molecule has 2 aliphatic rings. The molecule has 2 N–H and O–H groups in total. The molecule has 3 atom stereocenters. The van der Waals surface area contributed by atoms with Crippen LogP contribution in [0.2, 0.25) is 5.02 Å². The van der Waals surface area contributed by atoms with Crippen LogP contribution in [0.15, 0.2) is 54.6 Å². The van der Waals surface area contributed by atoms with Gasteiger partial charge in [-0.05, 0) is 0 Å². The fraction of sp³-hybridized carbons (Fsp3) is 0.350. The van der Waals surface area contributed by atoms with Gasteiger partial charge in [0.15, 0.2) is 0 Å². The van der Waals surface area contributed by atoms with Gasteiger partial charge >= 0.3 is 189 Å². The van der Waals surface area contributed by atoms with Gasteiger partial charge < -0.3 is 0 Å². The summed E-state index contributed by atoms with van der Waals surface area (Å²) in [5.74, 6) is -0.520. The molecule has 2 aromatic carbocycles. The zero-order chi connectivity index (χ0) is 21.5. The molecule has 0 bridgehead atoms. The Hall–Kier alpha value is -1.40. The molecule has 4 rings (SSSR count). The molecule has 0 radical (unpaired) electrons. The molecule has 0 spiro atoms. The fourth-order valence-corrected chi connectivity index (χ4v) is 14.1. The SMILES string of the molecule is CI1[C@H](c2ccccc2)[C@]1(NS(=O)(=O)N1CCC(Oc2cccc(Cl)c2)C1)C(=O)O. The first-order valence-corrected chi connectivity index (χ1v) is 15.6. The predicted molar refractivity (Wildman–Crippen MR) is 124 cm³/mol. The first-order valence-electron chi connectivity index (χ1n) is 9.32. The number of carbonyl (C=O) groups is 1. The molecule has 30 heavy (non-hydrogen) atoms. The van der Waals surface area contributed by atoms with E-state index in [1.54, 1.807) is 24.3 Å². The van der Waals surface area contributed by atoms with Crippen LogP contribution in [0.1, 0.15) is 15.9 Å². The van der Waals surface area contributed by atoms with Crippen molar-refractivity contribution < 1.29 is 23.1 Å². The Bertz CT molecular complexity index is 1050. The van der Waals surface area contributed by atoms with E-state index in [0.717, 1.165) is 5.56 Å². The van der Waals surface area contributed by atoms with E-state index in [1.807, 2.05) is 35.3 Å². The normalized spacial score (nSPS) is 27.7. The number of halogens is 2. The molecule has 0 aromatic heterocycles. The molecule has 0 saturated carbocycles. The zero-order valence-corrected chi connectivity index (χ0v) is 19.9. The van der Waals surface area contributed by atoms with Crippen LogP contribution in [-0.2, 0) is 15.0 Å². The predicted octanol–water partition coefficient (Wildman–Crippen LogP) is 3.30. The van der Waals surface area contributed by atoms with Crippen molar-refractivity contribution in [3.63, 3.8) is 0 Å². The van der Waals surface area contributed by atoms with Gasteiger partial charge in [0.05, 0.1) is 0 Å². The molecule has 2 saturated heterocycles. The van der Waals surface area contributed by atoms with Crippen molar-refractivity contribution in [1.29, 1.82) is 0 Å². The molecule has 10 heteroatoms. The molecule has 2 aliphatic heterocycles. The molecule has 162 valence electrons. The second-order valence-corrected chi connectivity index (χ2v) is 15.3. The summed E-state index contributed by atoms with van der Waals surface area (Å²) < 4.78 is 34.2. The van der Waals surface area contributed by atoms with Gasteiger partial charge in [0.2, 0.25) is 0 Å². The Balaban J connectivity index is 1.48. The van der Waals surface area contributed by atoms with Gasteiger partial charge in [0.1, 0.15) is 0 Å². The van der Waals surface area contributed by atoms with Crippen LogP contribution in [-0.4, -0.2) is 51.5 Å². The maximum absolute atomic E-state index is 13.1. The number of carboxylic acid groups (broad SMARTS) is 1. The summed E-state index contributed by atoms with van der Waals surface area (Å²) in [6.07, 6.45) is 0.200. The summed E-state index contributed by atoms with van der Waals surface area (Å²) in [6.45, 7) is 0.426. The van der Waals surface area contributed by atoms with E-state index in [9.17, 15) is 18.3 Å². The average molecular weight is 565 g/mol. The molecule has 0 aliphatic carbocycles. The fourth-order valence-electron chi connectivity index (χ4n) is 3.78. The van der Waals surface area contributed by atoms with Crippen LogP contribution >= 0.6 is 31.4 Å². The average Bonchev–Trinajstić information content (AvgIpc) is 3.04. The molecule has 0 amide bonds. The number of nitrogens with one attached hydrogen (secondary N) is 1. The summed E-state index contributed by atoms with van der Waals surface area (Å²) in [5, 5.41) is 10.5. The molecule has 1 unspecified atom stereocenters. The van der Waals surface area contributed by atoms with Crippen LogP contribution in [0.5, 0.6) is 5.75 Å². The topological polar surface area (TPSA) is 95.9 Å². The third-order valence-electron chi connectivity index (χ3n) is 5.32. The number of hydrogen-bond donors (Lipinski definition) is 2. The van der Waals surface area contributed by atoms with Crippen molar-refractivity contribution in [2.75, 3.05) is 18.0 Å². The summed E-state index contributed by atoms with van der Waals surface area (Å²) in [5.41, 5.74) is 0.874. The first kappa shape index (κ1) is 21.8. The minimum absolute atomic E-state index is 0.158. The van der Waals surface area contributed by atoms with Gasteiger partial charge in [-0.15, -0.1) is 0 Å². The van der Waals surface area contributed by atoms with E-state index in [1.165, 1.54) is 4.31 Å². The van der Waals surface area contributed by atoms with Crippen molar-refractivity contribution in [2.45, 2.75) is 20.0 Å². The van der Waals surface area contributed by atoms with E-state index in [2.05, 4.69) is 4.72 Å². The number of benzene rings is 2. The number of nitrogens with zero attached hydrogens (tertiary/aromatic N) is 1. The number of aliphatic carboxylic acids is 1. The van der Waals surface area contributed by atoms with Crippen molar-refractivity contribution in [3.05, 3.63) is 65.2 Å². The Morgan fingerprint density at radius 2 is 2.00 bits per heavy atom. The third-order valence-corrected chi connectivity index (χ3v) is 14.4. The van der Waals surface area contributed by atoms with Crippen LogP contribution < -0.4 is 9.46 Å². The van der Waals surface area contributed by atoms with Gasteiger partial charge in [-0.1, -0.05) is 0 Å². The molecule has 2 fully saturated rings. The Morgan fingerprint density at radius 3 is 2.67 bits per heavy atom. The minimum atomic E-state index is -3.97. The quantitative estimate of drug-likeness (QED) is 0.306. The van der Waals surface area contributed by atoms with Crippen LogP contribution in [0.4, 0.5) is 0 Å². The summed E-state index contributed by atoms with van der Waals surface area (Å²) >= 11 is 3.85. The van der Waals surface area contributed by atoms with Gasteiger partial charge in [-0.3, -0.25) is 0 Å². The standard InChI is InChI=1S/C20H22ClIN2O5S/c1-22-18(14-6-3-2-4-7-14)20(22,19(25)26)23-30(27,28)24-11-10-17(13-24)29-16-9-5-8-15(21)12-16/h2-9,12,17-18,23H,10-11,13H2,1H3,(H,25,26)/t17?,18-,20+/m1/s1. The van der Waals surface area contributed by atoms with Crippen LogP contribution in [0.3, 0.4) is 0 Å². The Kier molecular flexibility index (Phi) is 6.01. The van der Waals surface area contributed by atoms with Crippen LogP contribution in [0.25, 0.3) is 0 Å². The van der Waals surface area contributed by atoms with E-state index in [-0.39, 0.29) is 23.1 Å². The van der Waals surface area contributed by atoms with E-state index >= 15 is 0 Å². The van der Waals surface area contributed by atoms with E-state index in [4.69, 9.17) is 16.3 Å². The number of ether oxygens (including phenoxy) is 1. The Labute approximate surface area is 187 Å². The maximum atomic E-state index is 13.1. The first-order chi connectivity index (χ1) is 14.2. The number of rotatable bonds is 7. The molecule has 2 aromatic rings. The molecular formula is C20H22ClIN2O5S. The molecular weight excluding hydrogens is 543 g/mol. The second-order valence-electron chi connectivity index (χ2n) is 7.26. The monoisotopic (exact) mass is 564 g/mol. The van der Waals surface area contributed by atoms with Crippen molar-refractivity contribution in [1.82, 2.24) is 9.03 Å². The van der Waals surface area contributed by atoms with Gasteiger partial charge in [0, 0.05) is 0 Å². The zero-order valence-electron chi connectivity index (χ0n) is 16.2. The van der Waals surface area contributed by atoms with Crippen molar-refractivity contribution in [3.8, 4) is 5.75 Å². The van der Waals surface area contributed by atoms with E-state index in [0.29, 0.717) is 17.2 Å². The van der Waals surface area contributed by atoms with Crippen LogP contribution in [0, 0.1) is 0 Å². The number of carboxylic acids is 1. The number of alkyl halides is 3. The summed E-state index contributed by atoms with van der Waals surface area (Å²) in [6, 6.07) is 16.2. The summed E-state index contributed by atoms with van der Waals surface area (Å²) in [7, 11) is -3.97. The van der Waals surface area contributed by atoms with Crippen molar-refractivity contribution in [2.24, 2.45) is 0 Å². The third kappa shape index (κ3) is 4.05. The van der Waals surface area contributed by atoms with Crippen molar-refractivity contribution >= 4 is 47.6 Å². The van der Waals surface area contributed by atoms with E-state index < -0.39 is 39.5 Å². The van der Waals surface area contributed by atoms with Gasteiger partial charge in [-0.25, -0.2) is 0 Å². The van der Waals surface area contributed by atoms with Gasteiger partial charge in [-0.2, -0.15) is 0 Å². The summed E-state index contributed by atoms with van der Waals surface area (Å²) in [4.78, 5) is 14.1. The van der Waals surface area contributed by atoms with Gasteiger partial charge in [0.25, 0.3) is 0 Å². The molecule has 7 nitrogen and oxygen atoms in total. The molecule has 2 heterocycles. The second kappa shape index (κ2) is 8.27. The Morgan fingerprint density at radius 1 is 1.27 bits per heavy atom.